The van der Waals surface area contributed by atoms with Crippen LogP contribution in [0.1, 0.15) is 24.9 Å². The van der Waals surface area contributed by atoms with Crippen molar-refractivity contribution >= 4 is 11.6 Å². The van der Waals surface area contributed by atoms with Gasteiger partial charge in [-0.15, -0.1) is 0 Å². The zero-order valence-corrected chi connectivity index (χ0v) is 12.0. The largest absolute Gasteiger partial charge is 0.491 e. The normalized spacial score (nSPS) is 11.7. The van der Waals surface area contributed by atoms with Gasteiger partial charge >= 0.3 is 0 Å². The Morgan fingerprint density at radius 1 is 1.33 bits per heavy atom. The third-order valence-corrected chi connectivity index (χ3v) is 3.07. The van der Waals surface area contributed by atoms with Crippen LogP contribution in [0.15, 0.2) is 48.8 Å². The van der Waals surface area contributed by atoms with Gasteiger partial charge in [0.15, 0.2) is 0 Å². The molecular weight excluding hydrogens is 266 g/mol. The van der Waals surface area contributed by atoms with Crippen molar-refractivity contribution in [1.82, 2.24) is 10.3 Å². The van der Waals surface area contributed by atoms with Gasteiger partial charge in [-0.1, -0.05) is 18.2 Å². The number of aromatic nitrogens is 1. The third-order valence-electron chi connectivity index (χ3n) is 3.07. The highest BCUT2D eigenvalue weighted by Gasteiger charge is 2.09. The lowest BCUT2D eigenvalue weighted by Crippen LogP contribution is -2.27. The van der Waals surface area contributed by atoms with Crippen molar-refractivity contribution in [1.29, 1.82) is 0 Å². The van der Waals surface area contributed by atoms with Crippen LogP contribution in [-0.2, 0) is 4.79 Å². The predicted molar refractivity (Wildman–Crippen MR) is 81.8 cm³/mol. The average Bonchev–Trinajstić information content (AvgIpc) is 2.50. The van der Waals surface area contributed by atoms with Gasteiger partial charge in [-0.3, -0.25) is 9.78 Å². The summed E-state index contributed by atoms with van der Waals surface area (Å²) >= 11 is 0. The first-order valence-corrected chi connectivity index (χ1v) is 6.83. The van der Waals surface area contributed by atoms with Crippen molar-refractivity contribution in [2.45, 2.75) is 19.4 Å². The number of nitrogen functional groups attached to an aromatic ring is 1. The minimum Gasteiger partial charge on any atom is -0.491 e. The molecule has 0 saturated carbocycles. The van der Waals surface area contributed by atoms with E-state index in [2.05, 4.69) is 10.3 Å². The minimum absolute atomic E-state index is 0.0687. The van der Waals surface area contributed by atoms with Crippen LogP contribution >= 0.6 is 0 Å². The lowest BCUT2D eigenvalue weighted by molar-refractivity contribution is -0.122. The summed E-state index contributed by atoms with van der Waals surface area (Å²) in [5.41, 5.74) is 7.30. The molecule has 0 aliphatic carbocycles. The SMILES string of the molecule is CC(NC(=O)CCOc1ccccc1N)c1cccnc1. The van der Waals surface area contributed by atoms with E-state index >= 15 is 0 Å². The number of amides is 1. The predicted octanol–water partition coefficient (Wildman–Crippen LogP) is 2.31. The van der Waals surface area contributed by atoms with Crippen LogP contribution in [0.2, 0.25) is 0 Å². The van der Waals surface area contributed by atoms with E-state index in [1.165, 1.54) is 0 Å². The molecule has 1 aromatic carbocycles. The smallest absolute Gasteiger partial charge is 0.223 e. The molecule has 2 rings (SSSR count). The van der Waals surface area contributed by atoms with E-state index < -0.39 is 0 Å². The number of anilines is 1. The number of nitrogens with one attached hydrogen (secondary N) is 1. The Labute approximate surface area is 124 Å². The van der Waals surface area contributed by atoms with E-state index in [1.54, 1.807) is 24.5 Å². The molecule has 110 valence electrons. The second-order valence-electron chi connectivity index (χ2n) is 4.71. The van der Waals surface area contributed by atoms with Gasteiger partial charge in [-0.25, -0.2) is 0 Å². The first-order valence-electron chi connectivity index (χ1n) is 6.83. The molecule has 0 radical (unpaired) electrons. The summed E-state index contributed by atoms with van der Waals surface area (Å²) in [6.45, 7) is 2.21. The third kappa shape index (κ3) is 4.49. The van der Waals surface area contributed by atoms with Gasteiger partial charge in [0.2, 0.25) is 5.91 Å². The highest BCUT2D eigenvalue weighted by atomic mass is 16.5. The number of ether oxygens (including phenoxy) is 1. The summed E-state index contributed by atoms with van der Waals surface area (Å²) in [6, 6.07) is 10.9. The van der Waals surface area contributed by atoms with Crippen molar-refractivity contribution in [3.63, 3.8) is 0 Å². The van der Waals surface area contributed by atoms with Gasteiger partial charge in [0.05, 0.1) is 24.8 Å². The van der Waals surface area contributed by atoms with Crippen LogP contribution in [0.4, 0.5) is 5.69 Å². The molecule has 0 spiro atoms. The maximum atomic E-state index is 11.9. The molecule has 5 heteroatoms. The summed E-state index contributed by atoms with van der Waals surface area (Å²) < 4.78 is 5.50. The highest BCUT2D eigenvalue weighted by Crippen LogP contribution is 2.19. The molecule has 0 fully saturated rings. The first kappa shape index (κ1) is 14.8. The number of hydrogen-bond donors (Lipinski definition) is 2. The highest BCUT2D eigenvalue weighted by molar-refractivity contribution is 5.76. The van der Waals surface area contributed by atoms with Gasteiger partial charge in [0, 0.05) is 12.4 Å². The molecule has 2 aromatic rings. The Bertz CT molecular complexity index is 587. The maximum Gasteiger partial charge on any atom is 0.223 e. The Morgan fingerprint density at radius 2 is 2.14 bits per heavy atom. The van der Waals surface area contributed by atoms with E-state index in [4.69, 9.17) is 10.5 Å². The molecule has 5 nitrogen and oxygen atoms in total. The molecule has 0 aliphatic rings. The quantitative estimate of drug-likeness (QED) is 0.798. The Morgan fingerprint density at radius 3 is 2.86 bits per heavy atom. The number of carbonyl (C=O) groups excluding carboxylic acids is 1. The van der Waals surface area contributed by atoms with Crippen molar-refractivity contribution in [2.24, 2.45) is 0 Å². The number of nitrogens with two attached hydrogens (primary N) is 1. The summed E-state index contributed by atoms with van der Waals surface area (Å²) in [5.74, 6) is 0.534. The number of nitrogens with zero attached hydrogens (tertiary/aromatic N) is 1. The number of para-hydroxylation sites is 2. The van der Waals surface area contributed by atoms with Crippen molar-refractivity contribution < 1.29 is 9.53 Å². The maximum absolute atomic E-state index is 11.9. The van der Waals surface area contributed by atoms with Crippen LogP contribution in [-0.4, -0.2) is 17.5 Å². The van der Waals surface area contributed by atoms with Crippen LogP contribution in [0.5, 0.6) is 5.75 Å². The zero-order valence-electron chi connectivity index (χ0n) is 12.0. The standard InChI is InChI=1S/C16H19N3O2/c1-12(13-5-4-9-18-11-13)19-16(20)8-10-21-15-7-3-2-6-14(15)17/h2-7,9,11-12H,8,10,17H2,1H3,(H,19,20). The molecule has 0 aliphatic heterocycles. The lowest BCUT2D eigenvalue weighted by Gasteiger charge is -2.14. The van der Waals surface area contributed by atoms with Crippen molar-refractivity contribution in [3.05, 3.63) is 54.4 Å². The summed E-state index contributed by atoms with van der Waals surface area (Å²) in [6.07, 6.45) is 3.72. The second kappa shape index (κ2) is 7.28. The molecule has 0 bridgehead atoms. The van der Waals surface area contributed by atoms with Crippen molar-refractivity contribution in [3.8, 4) is 5.75 Å². The van der Waals surface area contributed by atoms with E-state index in [-0.39, 0.29) is 18.4 Å². The van der Waals surface area contributed by atoms with E-state index in [9.17, 15) is 4.79 Å². The Hall–Kier alpha value is -2.56. The molecule has 0 saturated heterocycles. The fourth-order valence-electron chi connectivity index (χ4n) is 1.89. The van der Waals surface area contributed by atoms with E-state index in [0.29, 0.717) is 18.0 Å². The van der Waals surface area contributed by atoms with Crippen LogP contribution in [0.3, 0.4) is 0 Å². The van der Waals surface area contributed by atoms with Gasteiger partial charge in [-0.2, -0.15) is 0 Å². The fraction of sp³-hybridized carbons (Fsp3) is 0.250. The molecule has 1 heterocycles. The number of pyridine rings is 1. The van der Waals surface area contributed by atoms with Gasteiger partial charge in [0.1, 0.15) is 5.75 Å². The van der Waals surface area contributed by atoms with Crippen molar-refractivity contribution in [2.75, 3.05) is 12.3 Å². The zero-order chi connectivity index (χ0) is 15.1. The first-order chi connectivity index (χ1) is 10.2. The molecular formula is C16H19N3O2. The number of benzene rings is 1. The minimum atomic E-state index is -0.0759. The molecule has 21 heavy (non-hydrogen) atoms. The molecule has 3 N–H and O–H groups in total. The molecule has 1 aromatic heterocycles. The monoisotopic (exact) mass is 285 g/mol. The van der Waals surface area contributed by atoms with E-state index in [0.717, 1.165) is 5.56 Å². The summed E-state index contributed by atoms with van der Waals surface area (Å²) in [5, 5.41) is 2.91. The molecule has 1 atom stereocenters. The van der Waals surface area contributed by atoms with Gasteiger partial charge in [-0.05, 0) is 30.7 Å². The molecule has 1 unspecified atom stereocenters. The average molecular weight is 285 g/mol. The number of rotatable bonds is 6. The Kier molecular flexibility index (Phi) is 5.15. The Balaban J connectivity index is 1.76. The number of carbonyl (C=O) groups is 1. The summed E-state index contributed by atoms with van der Waals surface area (Å²) in [7, 11) is 0. The lowest BCUT2D eigenvalue weighted by atomic mass is 10.1. The van der Waals surface area contributed by atoms with Crippen LogP contribution in [0.25, 0.3) is 0 Å². The van der Waals surface area contributed by atoms with Gasteiger partial charge in [0.25, 0.3) is 0 Å². The van der Waals surface area contributed by atoms with E-state index in [1.807, 2.05) is 31.2 Å². The molecule has 1 amide bonds. The fourth-order valence-corrected chi connectivity index (χ4v) is 1.89. The van der Waals surface area contributed by atoms with Crippen LogP contribution < -0.4 is 15.8 Å². The topological polar surface area (TPSA) is 77.2 Å². The van der Waals surface area contributed by atoms with Crippen LogP contribution in [0, 0.1) is 0 Å². The number of hydrogen-bond acceptors (Lipinski definition) is 4. The second-order valence-corrected chi connectivity index (χ2v) is 4.71. The summed E-state index contributed by atoms with van der Waals surface area (Å²) in [4.78, 5) is 15.9. The van der Waals surface area contributed by atoms with Gasteiger partial charge < -0.3 is 15.8 Å².